The number of ketones is 1. The van der Waals surface area contributed by atoms with Crippen LogP contribution >= 0.6 is 0 Å². The van der Waals surface area contributed by atoms with Crippen molar-refractivity contribution >= 4 is 34.3 Å². The first-order chi connectivity index (χ1) is 18.8. The number of pyridine rings is 1. The number of fused-ring (bicyclic) bond motifs is 1. The standard InChI is InChI=1S/C28H31FN2O2.C2H2O4/c29-24-10-9-22-14-19-33-28(22)26(24)20-11-16-31(17-12-20)18-13-23(25-8-4-5-15-30-25)27(32)21-6-2-1-3-7-21;3-1(4)2(5)6/h4-5,8-11,14-15,19,21,23H,1-3,6-7,12-13,16-18H2;(H,3,4)(H,5,6). The van der Waals surface area contributed by atoms with Crippen molar-refractivity contribution in [2.45, 2.75) is 50.9 Å². The lowest BCUT2D eigenvalue weighted by molar-refractivity contribution is -0.159. The molecule has 1 aliphatic heterocycles. The van der Waals surface area contributed by atoms with E-state index >= 15 is 0 Å². The number of hydrogen-bond acceptors (Lipinski definition) is 6. The zero-order valence-electron chi connectivity index (χ0n) is 21.7. The molecule has 3 aromatic rings. The molecule has 0 radical (unpaired) electrons. The van der Waals surface area contributed by atoms with Gasteiger partial charge in [0.05, 0.1) is 23.4 Å². The summed E-state index contributed by atoms with van der Waals surface area (Å²) >= 11 is 0. The molecule has 1 aromatic carbocycles. The average molecular weight is 537 g/mol. The molecule has 1 fully saturated rings. The maximum absolute atomic E-state index is 14.6. The molecule has 0 bridgehead atoms. The number of furan rings is 1. The van der Waals surface area contributed by atoms with Gasteiger partial charge in [-0.05, 0) is 68.1 Å². The highest BCUT2D eigenvalue weighted by Crippen LogP contribution is 2.34. The Labute approximate surface area is 226 Å². The van der Waals surface area contributed by atoms with Gasteiger partial charge in [-0.1, -0.05) is 31.4 Å². The number of aliphatic carboxylic acids is 2. The monoisotopic (exact) mass is 536 g/mol. The first kappa shape index (κ1) is 28.2. The number of aromatic nitrogens is 1. The number of carboxylic acids is 2. The molecule has 2 aromatic heterocycles. The van der Waals surface area contributed by atoms with E-state index in [0.717, 1.165) is 74.8 Å². The smallest absolute Gasteiger partial charge is 0.414 e. The van der Waals surface area contributed by atoms with Gasteiger partial charge >= 0.3 is 11.9 Å². The number of carbonyl (C=O) groups excluding carboxylic acids is 1. The van der Waals surface area contributed by atoms with Crippen molar-refractivity contribution in [3.63, 3.8) is 0 Å². The highest BCUT2D eigenvalue weighted by molar-refractivity contribution is 6.27. The Balaban J connectivity index is 0.000000531. The lowest BCUT2D eigenvalue weighted by Crippen LogP contribution is -2.33. The Bertz CT molecular complexity index is 1320. The fourth-order valence-electron chi connectivity index (χ4n) is 5.45. The topological polar surface area (TPSA) is 121 Å². The maximum Gasteiger partial charge on any atom is 0.414 e. The predicted molar refractivity (Wildman–Crippen MR) is 144 cm³/mol. The summed E-state index contributed by atoms with van der Waals surface area (Å²) in [7, 11) is 0. The normalized spacial score (nSPS) is 17.1. The third-order valence-corrected chi connectivity index (χ3v) is 7.50. The number of hydrogen-bond donors (Lipinski definition) is 2. The third kappa shape index (κ3) is 7.17. The van der Waals surface area contributed by atoms with Crippen LogP contribution in [0.4, 0.5) is 4.39 Å². The van der Waals surface area contributed by atoms with E-state index in [-0.39, 0.29) is 17.7 Å². The van der Waals surface area contributed by atoms with Gasteiger partial charge in [0.15, 0.2) is 0 Å². The van der Waals surface area contributed by atoms with Gasteiger partial charge in [-0.3, -0.25) is 14.7 Å². The van der Waals surface area contributed by atoms with Gasteiger partial charge in [-0.15, -0.1) is 0 Å². The molecule has 2 N–H and O–H groups in total. The van der Waals surface area contributed by atoms with Gasteiger partial charge in [0.2, 0.25) is 0 Å². The minimum absolute atomic E-state index is 0.144. The average Bonchev–Trinajstić information content (AvgIpc) is 3.44. The number of nitrogens with zero attached hydrogens (tertiary/aromatic N) is 2. The summed E-state index contributed by atoms with van der Waals surface area (Å²) < 4.78 is 20.2. The van der Waals surface area contributed by atoms with Crippen molar-refractivity contribution in [3.05, 3.63) is 72.0 Å². The van der Waals surface area contributed by atoms with E-state index in [1.54, 1.807) is 18.5 Å². The van der Waals surface area contributed by atoms with Crippen LogP contribution in [0.15, 0.2) is 59.4 Å². The van der Waals surface area contributed by atoms with Crippen LogP contribution in [0.2, 0.25) is 0 Å². The molecule has 0 saturated heterocycles. The second kappa shape index (κ2) is 13.3. The number of halogens is 1. The molecule has 1 aliphatic carbocycles. The van der Waals surface area contributed by atoms with E-state index in [1.807, 2.05) is 24.3 Å². The highest BCUT2D eigenvalue weighted by atomic mass is 19.1. The van der Waals surface area contributed by atoms with E-state index in [0.29, 0.717) is 16.9 Å². The summed E-state index contributed by atoms with van der Waals surface area (Å²) in [6, 6.07) is 11.0. The van der Waals surface area contributed by atoms with E-state index in [9.17, 15) is 9.18 Å². The van der Waals surface area contributed by atoms with Crippen LogP contribution < -0.4 is 0 Å². The van der Waals surface area contributed by atoms with Crippen LogP contribution in [0.5, 0.6) is 0 Å². The zero-order valence-corrected chi connectivity index (χ0v) is 21.7. The largest absolute Gasteiger partial charge is 0.473 e. The van der Waals surface area contributed by atoms with E-state index in [2.05, 4.69) is 16.0 Å². The van der Waals surface area contributed by atoms with Crippen LogP contribution in [0.3, 0.4) is 0 Å². The van der Waals surface area contributed by atoms with E-state index in [1.165, 1.54) is 12.5 Å². The van der Waals surface area contributed by atoms with Crippen molar-refractivity contribution in [1.82, 2.24) is 9.88 Å². The Morgan fingerprint density at radius 3 is 2.46 bits per heavy atom. The summed E-state index contributed by atoms with van der Waals surface area (Å²) in [5, 5.41) is 15.7. The van der Waals surface area contributed by atoms with Gasteiger partial charge in [0.25, 0.3) is 0 Å². The zero-order chi connectivity index (χ0) is 27.8. The van der Waals surface area contributed by atoms with Gasteiger partial charge in [0, 0.05) is 30.6 Å². The Morgan fingerprint density at radius 1 is 1.05 bits per heavy atom. The van der Waals surface area contributed by atoms with Gasteiger partial charge < -0.3 is 14.6 Å². The van der Waals surface area contributed by atoms with Gasteiger partial charge in [-0.25, -0.2) is 14.0 Å². The fraction of sp³-hybridized carbons (Fsp3) is 0.400. The minimum atomic E-state index is -1.82. The van der Waals surface area contributed by atoms with Crippen LogP contribution in [-0.2, 0) is 14.4 Å². The Morgan fingerprint density at radius 2 is 1.82 bits per heavy atom. The van der Waals surface area contributed by atoms with E-state index < -0.39 is 11.9 Å². The highest BCUT2D eigenvalue weighted by Gasteiger charge is 2.30. The number of benzene rings is 1. The quantitative estimate of drug-likeness (QED) is 0.378. The van der Waals surface area contributed by atoms with Gasteiger partial charge in [-0.2, -0.15) is 0 Å². The van der Waals surface area contributed by atoms with Crippen LogP contribution in [0, 0.1) is 11.7 Å². The lowest BCUT2D eigenvalue weighted by atomic mass is 9.79. The lowest BCUT2D eigenvalue weighted by Gasteiger charge is -2.29. The van der Waals surface area contributed by atoms with Crippen molar-refractivity contribution in [3.8, 4) is 0 Å². The van der Waals surface area contributed by atoms with Gasteiger partial charge in [0.1, 0.15) is 17.2 Å². The van der Waals surface area contributed by atoms with Crippen molar-refractivity contribution in [2.75, 3.05) is 19.6 Å². The molecule has 1 saturated carbocycles. The first-order valence-corrected chi connectivity index (χ1v) is 13.3. The maximum atomic E-state index is 14.6. The predicted octanol–water partition coefficient (Wildman–Crippen LogP) is 5.53. The Kier molecular flexibility index (Phi) is 9.59. The minimum Gasteiger partial charge on any atom is -0.473 e. The number of Topliss-reactive ketones (excluding diaryl/α,β-unsaturated/α-hetero) is 1. The summed E-state index contributed by atoms with van der Waals surface area (Å²) in [6.45, 7) is 2.42. The van der Waals surface area contributed by atoms with Crippen molar-refractivity contribution in [2.24, 2.45) is 5.92 Å². The molecule has 0 amide bonds. The second-order valence-corrected chi connectivity index (χ2v) is 9.98. The number of carboxylic acid groups (broad SMARTS) is 2. The van der Waals surface area contributed by atoms with Crippen LogP contribution in [-0.4, -0.2) is 57.5 Å². The molecule has 0 spiro atoms. The molecule has 1 unspecified atom stereocenters. The van der Waals surface area contributed by atoms with Crippen molar-refractivity contribution < 1.29 is 33.4 Å². The summed E-state index contributed by atoms with van der Waals surface area (Å²) in [5.41, 5.74) is 3.12. The van der Waals surface area contributed by atoms with Crippen LogP contribution in [0.25, 0.3) is 16.5 Å². The number of rotatable bonds is 7. The molecule has 9 heteroatoms. The number of carbonyl (C=O) groups is 3. The molecule has 3 heterocycles. The fourth-order valence-corrected chi connectivity index (χ4v) is 5.45. The van der Waals surface area contributed by atoms with Crippen LogP contribution in [0.1, 0.15) is 62.1 Å². The molecule has 206 valence electrons. The SMILES string of the molecule is O=C(C1CCCCC1)C(CCN1CC=C(c2c(F)ccc3ccoc23)CC1)c1ccccn1.O=C(O)C(=O)O. The molecular weight excluding hydrogens is 503 g/mol. The molecule has 39 heavy (non-hydrogen) atoms. The first-order valence-electron chi connectivity index (χ1n) is 13.3. The summed E-state index contributed by atoms with van der Waals surface area (Å²) in [4.78, 5) is 38.5. The van der Waals surface area contributed by atoms with E-state index in [4.69, 9.17) is 24.2 Å². The Hall–Kier alpha value is -3.85. The summed E-state index contributed by atoms with van der Waals surface area (Å²) in [6.07, 6.45) is 12.6. The van der Waals surface area contributed by atoms with Crippen molar-refractivity contribution in [1.29, 1.82) is 0 Å². The summed E-state index contributed by atoms with van der Waals surface area (Å²) in [5.74, 6) is -3.48. The second-order valence-electron chi connectivity index (χ2n) is 9.98. The molecule has 2 aliphatic rings. The molecular formula is C30H33FN2O6. The third-order valence-electron chi connectivity index (χ3n) is 7.50. The molecule has 5 rings (SSSR count). The molecule has 1 atom stereocenters. The molecule has 8 nitrogen and oxygen atoms in total.